The number of amides is 1. The van der Waals surface area contributed by atoms with Crippen molar-refractivity contribution in [2.75, 3.05) is 23.5 Å². The van der Waals surface area contributed by atoms with Gasteiger partial charge in [0.1, 0.15) is 5.75 Å². The minimum Gasteiger partial charge on any atom is -0.495 e. The Morgan fingerprint density at radius 2 is 2.00 bits per heavy atom. The van der Waals surface area contributed by atoms with E-state index < -0.39 is 0 Å². The average molecular weight is 435 g/mol. The Balaban J connectivity index is 1.57. The highest BCUT2D eigenvalue weighted by molar-refractivity contribution is 8.01. The van der Waals surface area contributed by atoms with Crippen LogP contribution in [0, 0.1) is 13.8 Å². The second kappa shape index (κ2) is 9.27. The Hall–Kier alpha value is -2.29. The molecule has 0 bridgehead atoms. The number of aromatic nitrogens is 2. The number of carbonyl (C=O) groups is 1. The SMILES string of the molecule is COc1ccc(Cl)cc1NC(=O)CSc1nnc(Nc2ccc(C)cc2C)s1. The summed E-state index contributed by atoms with van der Waals surface area (Å²) >= 11 is 8.71. The van der Waals surface area contributed by atoms with Gasteiger partial charge in [-0.25, -0.2) is 0 Å². The van der Waals surface area contributed by atoms with Crippen molar-refractivity contribution in [3.63, 3.8) is 0 Å². The molecule has 0 saturated carbocycles. The predicted octanol–water partition coefficient (Wildman–Crippen LogP) is 5.29. The number of methoxy groups -OCH3 is 1. The van der Waals surface area contributed by atoms with Crippen molar-refractivity contribution in [3.05, 3.63) is 52.5 Å². The van der Waals surface area contributed by atoms with Gasteiger partial charge in [0.25, 0.3) is 0 Å². The zero-order valence-electron chi connectivity index (χ0n) is 15.6. The lowest BCUT2D eigenvalue weighted by Gasteiger charge is -2.10. The molecule has 6 nitrogen and oxygen atoms in total. The fourth-order valence-electron chi connectivity index (χ4n) is 2.48. The van der Waals surface area contributed by atoms with E-state index in [0.717, 1.165) is 11.3 Å². The number of carbonyl (C=O) groups excluding carboxylic acids is 1. The van der Waals surface area contributed by atoms with E-state index in [0.29, 0.717) is 25.9 Å². The monoisotopic (exact) mass is 434 g/mol. The normalized spacial score (nSPS) is 10.6. The van der Waals surface area contributed by atoms with Crippen LogP contribution in [-0.2, 0) is 4.79 Å². The van der Waals surface area contributed by atoms with Crippen LogP contribution >= 0.6 is 34.7 Å². The summed E-state index contributed by atoms with van der Waals surface area (Å²) in [7, 11) is 1.54. The molecule has 9 heteroatoms. The van der Waals surface area contributed by atoms with E-state index in [1.807, 2.05) is 19.1 Å². The fourth-order valence-corrected chi connectivity index (χ4v) is 4.22. The quantitative estimate of drug-likeness (QED) is 0.492. The summed E-state index contributed by atoms with van der Waals surface area (Å²) in [6.45, 7) is 4.10. The molecule has 1 heterocycles. The predicted molar refractivity (Wildman–Crippen MR) is 116 cm³/mol. The van der Waals surface area contributed by atoms with Crippen molar-refractivity contribution in [2.45, 2.75) is 18.2 Å². The number of halogens is 1. The summed E-state index contributed by atoms with van der Waals surface area (Å²) < 4.78 is 5.94. The van der Waals surface area contributed by atoms with Gasteiger partial charge in [-0.1, -0.05) is 52.4 Å². The number of nitrogens with zero attached hydrogens (tertiary/aromatic N) is 2. The van der Waals surface area contributed by atoms with Gasteiger partial charge in [-0.05, 0) is 43.7 Å². The number of thioether (sulfide) groups is 1. The first-order valence-electron chi connectivity index (χ1n) is 8.38. The molecule has 3 rings (SSSR count). The summed E-state index contributed by atoms with van der Waals surface area (Å²) in [6.07, 6.45) is 0. The molecule has 0 aliphatic rings. The number of aryl methyl sites for hydroxylation is 2. The van der Waals surface area contributed by atoms with Crippen LogP contribution in [-0.4, -0.2) is 29.0 Å². The molecule has 146 valence electrons. The third kappa shape index (κ3) is 5.37. The number of hydrogen-bond acceptors (Lipinski definition) is 7. The van der Waals surface area contributed by atoms with Crippen LogP contribution in [0.2, 0.25) is 5.02 Å². The summed E-state index contributed by atoms with van der Waals surface area (Å²) in [6, 6.07) is 11.2. The van der Waals surface area contributed by atoms with E-state index in [1.54, 1.807) is 25.3 Å². The highest BCUT2D eigenvalue weighted by atomic mass is 35.5. The highest BCUT2D eigenvalue weighted by Gasteiger charge is 2.12. The number of hydrogen-bond donors (Lipinski definition) is 2. The van der Waals surface area contributed by atoms with Gasteiger partial charge < -0.3 is 15.4 Å². The molecule has 28 heavy (non-hydrogen) atoms. The van der Waals surface area contributed by atoms with Crippen molar-refractivity contribution in [1.29, 1.82) is 0 Å². The minimum absolute atomic E-state index is 0.176. The van der Waals surface area contributed by atoms with E-state index in [4.69, 9.17) is 16.3 Å². The average Bonchev–Trinajstić information content (AvgIpc) is 3.10. The van der Waals surface area contributed by atoms with Gasteiger partial charge >= 0.3 is 0 Å². The summed E-state index contributed by atoms with van der Waals surface area (Å²) in [5.41, 5.74) is 3.87. The van der Waals surface area contributed by atoms with Crippen LogP contribution in [0.5, 0.6) is 5.75 Å². The van der Waals surface area contributed by atoms with Crippen molar-refractivity contribution in [1.82, 2.24) is 10.2 Å². The Morgan fingerprint density at radius 1 is 1.18 bits per heavy atom. The maximum Gasteiger partial charge on any atom is 0.234 e. The van der Waals surface area contributed by atoms with E-state index in [1.165, 1.54) is 28.7 Å². The molecule has 1 amide bonds. The molecule has 2 aromatic carbocycles. The van der Waals surface area contributed by atoms with Gasteiger partial charge in [-0.3, -0.25) is 4.79 Å². The number of anilines is 3. The van der Waals surface area contributed by atoms with Gasteiger partial charge in [-0.15, -0.1) is 10.2 Å². The first-order chi connectivity index (χ1) is 13.4. The zero-order chi connectivity index (χ0) is 20.1. The first-order valence-corrected chi connectivity index (χ1v) is 10.6. The molecule has 2 N–H and O–H groups in total. The van der Waals surface area contributed by atoms with Gasteiger partial charge in [0.2, 0.25) is 11.0 Å². The minimum atomic E-state index is -0.176. The number of ether oxygens (including phenoxy) is 1. The molecule has 3 aromatic rings. The lowest BCUT2D eigenvalue weighted by molar-refractivity contribution is -0.113. The van der Waals surface area contributed by atoms with Crippen LogP contribution in [0.15, 0.2) is 40.7 Å². The molecule has 0 atom stereocenters. The molecule has 0 fully saturated rings. The third-order valence-corrected chi connectivity index (χ3v) is 6.00. The summed E-state index contributed by atoms with van der Waals surface area (Å²) in [5, 5.41) is 15.6. The van der Waals surface area contributed by atoms with Crippen LogP contribution in [0.4, 0.5) is 16.5 Å². The lowest BCUT2D eigenvalue weighted by Crippen LogP contribution is -2.14. The fraction of sp³-hybridized carbons (Fsp3) is 0.211. The van der Waals surface area contributed by atoms with Crippen LogP contribution in [0.3, 0.4) is 0 Å². The van der Waals surface area contributed by atoms with Crippen LogP contribution in [0.25, 0.3) is 0 Å². The smallest absolute Gasteiger partial charge is 0.234 e. The van der Waals surface area contributed by atoms with E-state index in [2.05, 4.69) is 33.8 Å². The second-order valence-electron chi connectivity index (χ2n) is 6.00. The largest absolute Gasteiger partial charge is 0.495 e. The van der Waals surface area contributed by atoms with E-state index >= 15 is 0 Å². The topological polar surface area (TPSA) is 76.1 Å². The Bertz CT molecular complexity index is 994. The number of rotatable bonds is 7. The molecule has 0 unspecified atom stereocenters. The molecule has 0 radical (unpaired) electrons. The Morgan fingerprint density at radius 3 is 2.75 bits per heavy atom. The number of benzene rings is 2. The lowest BCUT2D eigenvalue weighted by atomic mass is 10.1. The molecule has 1 aromatic heterocycles. The second-order valence-corrected chi connectivity index (χ2v) is 8.63. The van der Waals surface area contributed by atoms with Gasteiger partial charge in [0.05, 0.1) is 18.6 Å². The first kappa shape index (κ1) is 20.4. The molecule has 0 spiro atoms. The van der Waals surface area contributed by atoms with Crippen molar-refractivity contribution in [3.8, 4) is 5.75 Å². The van der Waals surface area contributed by atoms with Crippen LogP contribution < -0.4 is 15.4 Å². The maximum absolute atomic E-state index is 12.2. The summed E-state index contributed by atoms with van der Waals surface area (Å²) in [4.78, 5) is 12.2. The Kier molecular flexibility index (Phi) is 6.77. The Labute approximate surface area is 176 Å². The van der Waals surface area contributed by atoms with Crippen molar-refractivity contribution >= 4 is 57.1 Å². The zero-order valence-corrected chi connectivity index (χ0v) is 18.0. The van der Waals surface area contributed by atoms with Crippen LogP contribution in [0.1, 0.15) is 11.1 Å². The standard InChI is InChI=1S/C19H19ClN4O2S2/c1-11-4-6-14(12(2)8-11)22-18-23-24-19(28-18)27-10-17(25)21-15-9-13(20)5-7-16(15)26-3/h4-9H,10H2,1-3H3,(H,21,25)(H,22,23). The van der Waals surface area contributed by atoms with Gasteiger partial charge in [0.15, 0.2) is 4.34 Å². The molecular weight excluding hydrogens is 416 g/mol. The summed E-state index contributed by atoms with van der Waals surface area (Å²) in [5.74, 6) is 0.580. The maximum atomic E-state index is 12.2. The molecule has 0 aliphatic carbocycles. The molecular formula is C19H19ClN4O2S2. The van der Waals surface area contributed by atoms with E-state index in [9.17, 15) is 4.79 Å². The molecule has 0 saturated heterocycles. The van der Waals surface area contributed by atoms with Crippen molar-refractivity contribution < 1.29 is 9.53 Å². The number of nitrogens with one attached hydrogen (secondary N) is 2. The van der Waals surface area contributed by atoms with Crippen molar-refractivity contribution in [2.24, 2.45) is 0 Å². The highest BCUT2D eigenvalue weighted by Crippen LogP contribution is 2.30. The van der Waals surface area contributed by atoms with E-state index in [-0.39, 0.29) is 11.7 Å². The van der Waals surface area contributed by atoms with Gasteiger partial charge in [0, 0.05) is 10.7 Å². The third-order valence-electron chi connectivity index (χ3n) is 3.79. The molecule has 0 aliphatic heterocycles. The van der Waals surface area contributed by atoms with Gasteiger partial charge in [-0.2, -0.15) is 0 Å².